The molecule has 0 aromatic carbocycles. The standard InChI is InChI=1S/C15H30N4O.HI/c1-12(2)19-7-5-13(6-8-19)18-14(16-4)17-9-15(3)10-20-11-15;/h12-13H,5-11H2,1-4H3,(H2,16,17,18);1H. The Morgan fingerprint density at radius 1 is 1.33 bits per heavy atom. The van der Waals surface area contributed by atoms with E-state index in [4.69, 9.17) is 4.74 Å². The second-order valence-electron chi connectivity index (χ2n) is 6.78. The van der Waals surface area contributed by atoms with Crippen molar-refractivity contribution in [3.05, 3.63) is 0 Å². The number of hydrogen-bond acceptors (Lipinski definition) is 3. The minimum Gasteiger partial charge on any atom is -0.380 e. The zero-order valence-corrected chi connectivity index (χ0v) is 16.1. The van der Waals surface area contributed by atoms with Crippen LogP contribution in [0.5, 0.6) is 0 Å². The zero-order chi connectivity index (χ0) is 14.6. The highest BCUT2D eigenvalue weighted by atomic mass is 127. The fourth-order valence-electron chi connectivity index (χ4n) is 2.80. The van der Waals surface area contributed by atoms with Crippen molar-refractivity contribution in [3.8, 4) is 0 Å². The van der Waals surface area contributed by atoms with Crippen LogP contribution in [0.3, 0.4) is 0 Å². The summed E-state index contributed by atoms with van der Waals surface area (Å²) in [5.74, 6) is 0.932. The molecule has 2 aliphatic heterocycles. The van der Waals surface area contributed by atoms with Crippen molar-refractivity contribution in [1.29, 1.82) is 0 Å². The van der Waals surface area contributed by atoms with Crippen LogP contribution in [0.15, 0.2) is 4.99 Å². The van der Waals surface area contributed by atoms with E-state index in [1.54, 1.807) is 0 Å². The predicted molar refractivity (Wildman–Crippen MR) is 98.6 cm³/mol. The average Bonchev–Trinajstić information content (AvgIpc) is 2.41. The third-order valence-electron chi connectivity index (χ3n) is 4.41. The van der Waals surface area contributed by atoms with Crippen molar-refractivity contribution in [2.24, 2.45) is 10.4 Å². The van der Waals surface area contributed by atoms with Gasteiger partial charge in [0.2, 0.25) is 0 Å². The van der Waals surface area contributed by atoms with Crippen LogP contribution in [0.2, 0.25) is 0 Å². The van der Waals surface area contributed by atoms with Gasteiger partial charge in [0.05, 0.1) is 13.2 Å². The van der Waals surface area contributed by atoms with E-state index in [-0.39, 0.29) is 29.4 Å². The van der Waals surface area contributed by atoms with Crippen molar-refractivity contribution in [1.82, 2.24) is 15.5 Å². The first-order valence-electron chi connectivity index (χ1n) is 7.81. The number of halogens is 1. The van der Waals surface area contributed by atoms with E-state index in [1.165, 1.54) is 25.9 Å². The van der Waals surface area contributed by atoms with Crippen LogP contribution in [-0.4, -0.2) is 62.8 Å². The van der Waals surface area contributed by atoms with Gasteiger partial charge in [-0.1, -0.05) is 6.92 Å². The molecule has 0 aromatic rings. The van der Waals surface area contributed by atoms with Crippen LogP contribution < -0.4 is 10.6 Å². The maximum Gasteiger partial charge on any atom is 0.191 e. The SMILES string of the molecule is CN=C(NCC1(C)COC1)NC1CCN(C(C)C)CC1.I. The highest BCUT2D eigenvalue weighted by Gasteiger charge is 2.33. The summed E-state index contributed by atoms with van der Waals surface area (Å²) < 4.78 is 5.28. The molecule has 0 atom stereocenters. The molecular weight excluding hydrogens is 379 g/mol. The average molecular weight is 410 g/mol. The van der Waals surface area contributed by atoms with E-state index in [1.807, 2.05) is 7.05 Å². The second kappa shape index (κ2) is 8.53. The Balaban J connectivity index is 0.00000220. The largest absolute Gasteiger partial charge is 0.380 e. The number of ether oxygens (including phenoxy) is 1. The lowest BCUT2D eigenvalue weighted by Crippen LogP contribution is -2.54. The molecule has 0 radical (unpaired) electrons. The molecule has 0 spiro atoms. The lowest BCUT2D eigenvalue weighted by Gasteiger charge is -2.39. The smallest absolute Gasteiger partial charge is 0.191 e. The molecule has 6 heteroatoms. The van der Waals surface area contributed by atoms with Gasteiger partial charge in [-0.2, -0.15) is 0 Å². The normalized spacial score (nSPS) is 23.4. The lowest BCUT2D eigenvalue weighted by molar-refractivity contribution is -0.0971. The van der Waals surface area contributed by atoms with Crippen molar-refractivity contribution in [3.63, 3.8) is 0 Å². The molecule has 2 aliphatic rings. The summed E-state index contributed by atoms with van der Waals surface area (Å²) >= 11 is 0. The second-order valence-corrected chi connectivity index (χ2v) is 6.78. The summed E-state index contributed by atoms with van der Waals surface area (Å²) in [6, 6.07) is 1.20. The fraction of sp³-hybridized carbons (Fsp3) is 0.933. The van der Waals surface area contributed by atoms with Crippen LogP contribution in [0, 0.1) is 5.41 Å². The first-order chi connectivity index (χ1) is 9.52. The fourth-order valence-corrected chi connectivity index (χ4v) is 2.80. The van der Waals surface area contributed by atoms with Gasteiger partial charge in [0.25, 0.3) is 0 Å². The molecule has 2 rings (SSSR count). The van der Waals surface area contributed by atoms with E-state index in [2.05, 4.69) is 41.3 Å². The molecule has 2 heterocycles. The molecule has 5 nitrogen and oxygen atoms in total. The van der Waals surface area contributed by atoms with Gasteiger partial charge >= 0.3 is 0 Å². The van der Waals surface area contributed by atoms with Gasteiger partial charge in [0.1, 0.15) is 0 Å². The molecule has 2 saturated heterocycles. The Morgan fingerprint density at radius 2 is 1.95 bits per heavy atom. The van der Waals surface area contributed by atoms with Crippen molar-refractivity contribution in [2.75, 3.05) is 39.9 Å². The molecule has 124 valence electrons. The molecule has 2 N–H and O–H groups in total. The summed E-state index contributed by atoms with van der Waals surface area (Å²) in [6.45, 7) is 11.8. The van der Waals surface area contributed by atoms with Crippen molar-refractivity contribution in [2.45, 2.75) is 45.7 Å². The van der Waals surface area contributed by atoms with E-state index in [0.717, 1.165) is 25.7 Å². The number of rotatable bonds is 4. The minimum absolute atomic E-state index is 0. The number of hydrogen-bond donors (Lipinski definition) is 2. The Hall–Kier alpha value is -0.0800. The summed E-state index contributed by atoms with van der Waals surface area (Å²) in [5, 5.41) is 7.00. The number of aliphatic imine (C=N–C) groups is 1. The van der Waals surface area contributed by atoms with Crippen LogP contribution in [-0.2, 0) is 4.74 Å². The van der Waals surface area contributed by atoms with E-state index >= 15 is 0 Å². The molecule has 0 bridgehead atoms. The molecule has 0 unspecified atom stereocenters. The Morgan fingerprint density at radius 3 is 2.38 bits per heavy atom. The lowest BCUT2D eigenvalue weighted by atomic mass is 9.89. The topological polar surface area (TPSA) is 48.9 Å². The Bertz CT molecular complexity index is 337. The Kier molecular flexibility index (Phi) is 7.70. The van der Waals surface area contributed by atoms with Gasteiger partial charge in [-0.05, 0) is 26.7 Å². The van der Waals surface area contributed by atoms with Gasteiger partial charge in [-0.25, -0.2) is 0 Å². The van der Waals surface area contributed by atoms with Gasteiger partial charge in [0, 0.05) is 44.2 Å². The molecule has 0 saturated carbocycles. The van der Waals surface area contributed by atoms with E-state index in [9.17, 15) is 0 Å². The van der Waals surface area contributed by atoms with Crippen LogP contribution in [0.1, 0.15) is 33.6 Å². The number of guanidine groups is 1. The maximum absolute atomic E-state index is 5.28. The molecule has 0 aromatic heterocycles. The zero-order valence-electron chi connectivity index (χ0n) is 13.8. The highest BCUT2D eigenvalue weighted by molar-refractivity contribution is 14.0. The van der Waals surface area contributed by atoms with Crippen molar-refractivity contribution < 1.29 is 4.74 Å². The number of likely N-dealkylation sites (tertiary alicyclic amines) is 1. The summed E-state index contributed by atoms with van der Waals surface area (Å²) in [6.07, 6.45) is 2.39. The van der Waals surface area contributed by atoms with E-state index < -0.39 is 0 Å². The molecule has 0 amide bonds. The van der Waals surface area contributed by atoms with Gasteiger partial charge in [-0.3, -0.25) is 4.99 Å². The van der Waals surface area contributed by atoms with Crippen LogP contribution >= 0.6 is 24.0 Å². The third-order valence-corrected chi connectivity index (χ3v) is 4.41. The minimum atomic E-state index is 0. The molecule has 21 heavy (non-hydrogen) atoms. The third kappa shape index (κ3) is 5.56. The molecule has 0 aliphatic carbocycles. The molecular formula is C15H31IN4O. The maximum atomic E-state index is 5.28. The summed E-state index contributed by atoms with van der Waals surface area (Å²) in [4.78, 5) is 6.88. The molecule has 2 fully saturated rings. The van der Waals surface area contributed by atoms with Crippen LogP contribution in [0.25, 0.3) is 0 Å². The predicted octanol–water partition coefficient (Wildman–Crippen LogP) is 1.68. The summed E-state index contributed by atoms with van der Waals surface area (Å²) in [5.41, 5.74) is 0.276. The number of nitrogens with zero attached hydrogens (tertiary/aromatic N) is 2. The van der Waals surface area contributed by atoms with Gasteiger partial charge in [0.15, 0.2) is 5.96 Å². The summed E-state index contributed by atoms with van der Waals surface area (Å²) in [7, 11) is 1.85. The van der Waals surface area contributed by atoms with Gasteiger partial charge < -0.3 is 20.3 Å². The van der Waals surface area contributed by atoms with Gasteiger partial charge in [-0.15, -0.1) is 24.0 Å². The van der Waals surface area contributed by atoms with Crippen molar-refractivity contribution >= 4 is 29.9 Å². The highest BCUT2D eigenvalue weighted by Crippen LogP contribution is 2.25. The Labute approximate surface area is 146 Å². The quantitative estimate of drug-likeness (QED) is 0.421. The van der Waals surface area contributed by atoms with E-state index in [0.29, 0.717) is 12.1 Å². The number of nitrogens with one attached hydrogen (secondary N) is 2. The number of piperidine rings is 1. The first-order valence-corrected chi connectivity index (χ1v) is 7.81. The monoisotopic (exact) mass is 410 g/mol. The first kappa shape index (κ1) is 19.0. The van der Waals surface area contributed by atoms with Crippen LogP contribution in [0.4, 0.5) is 0 Å².